The van der Waals surface area contributed by atoms with E-state index in [0.717, 1.165) is 31.8 Å². The van der Waals surface area contributed by atoms with Gasteiger partial charge < -0.3 is 10.1 Å². The normalized spacial score (nSPS) is 16.9. The molecule has 1 fully saturated rings. The minimum absolute atomic E-state index is 0.528. The number of nitrogens with zero attached hydrogens (tertiary/aromatic N) is 2. The number of rotatable bonds is 7. The Morgan fingerprint density at radius 2 is 2.17 bits per heavy atom. The van der Waals surface area contributed by atoms with E-state index >= 15 is 0 Å². The lowest BCUT2D eigenvalue weighted by atomic mass is 9.98. The SMILES string of the molecule is c1cc(CNCCCOC2CCCCC2)ncn1. The van der Waals surface area contributed by atoms with Crippen LogP contribution in [0.1, 0.15) is 44.2 Å². The molecule has 1 aliphatic rings. The van der Waals surface area contributed by atoms with Crippen LogP contribution in [0.4, 0.5) is 0 Å². The van der Waals surface area contributed by atoms with Gasteiger partial charge in [-0.15, -0.1) is 0 Å². The number of aromatic nitrogens is 2. The molecule has 1 aromatic heterocycles. The smallest absolute Gasteiger partial charge is 0.115 e. The molecule has 18 heavy (non-hydrogen) atoms. The fourth-order valence-electron chi connectivity index (χ4n) is 2.32. The van der Waals surface area contributed by atoms with E-state index in [2.05, 4.69) is 15.3 Å². The van der Waals surface area contributed by atoms with E-state index in [0.29, 0.717) is 6.10 Å². The van der Waals surface area contributed by atoms with Crippen LogP contribution in [0.2, 0.25) is 0 Å². The summed E-state index contributed by atoms with van der Waals surface area (Å²) in [4.78, 5) is 8.06. The van der Waals surface area contributed by atoms with Crippen LogP contribution in [0, 0.1) is 0 Å². The Morgan fingerprint density at radius 3 is 2.94 bits per heavy atom. The van der Waals surface area contributed by atoms with Crippen molar-refractivity contribution in [1.82, 2.24) is 15.3 Å². The van der Waals surface area contributed by atoms with E-state index in [4.69, 9.17) is 4.74 Å². The van der Waals surface area contributed by atoms with Crippen LogP contribution < -0.4 is 5.32 Å². The van der Waals surface area contributed by atoms with Crippen molar-refractivity contribution in [3.8, 4) is 0 Å². The third-order valence-corrected chi connectivity index (χ3v) is 3.35. The van der Waals surface area contributed by atoms with Crippen molar-refractivity contribution < 1.29 is 4.74 Å². The minimum Gasteiger partial charge on any atom is -0.378 e. The van der Waals surface area contributed by atoms with Gasteiger partial charge in [-0.05, 0) is 31.9 Å². The molecule has 4 nitrogen and oxygen atoms in total. The quantitative estimate of drug-likeness (QED) is 0.753. The molecule has 0 radical (unpaired) electrons. The van der Waals surface area contributed by atoms with Gasteiger partial charge in [-0.1, -0.05) is 19.3 Å². The summed E-state index contributed by atoms with van der Waals surface area (Å²) in [6.45, 7) is 2.67. The second kappa shape index (κ2) is 8.16. The number of nitrogens with one attached hydrogen (secondary N) is 1. The molecule has 4 heteroatoms. The molecule has 1 heterocycles. The van der Waals surface area contributed by atoms with Gasteiger partial charge >= 0.3 is 0 Å². The van der Waals surface area contributed by atoms with Gasteiger partial charge in [0.05, 0.1) is 11.8 Å². The summed E-state index contributed by atoms with van der Waals surface area (Å²) in [6, 6.07) is 1.94. The molecule has 1 saturated carbocycles. The van der Waals surface area contributed by atoms with E-state index in [-0.39, 0.29) is 0 Å². The molecule has 0 bridgehead atoms. The van der Waals surface area contributed by atoms with Crippen molar-refractivity contribution in [3.63, 3.8) is 0 Å². The topological polar surface area (TPSA) is 47.0 Å². The van der Waals surface area contributed by atoms with Crippen molar-refractivity contribution in [3.05, 3.63) is 24.3 Å². The summed E-state index contributed by atoms with van der Waals surface area (Å²) in [5, 5.41) is 3.37. The van der Waals surface area contributed by atoms with Crippen molar-refractivity contribution in [2.24, 2.45) is 0 Å². The molecule has 0 aliphatic heterocycles. The minimum atomic E-state index is 0.528. The molecule has 0 spiro atoms. The first kappa shape index (κ1) is 13.4. The highest BCUT2D eigenvalue weighted by atomic mass is 16.5. The predicted molar refractivity (Wildman–Crippen MR) is 71.2 cm³/mol. The van der Waals surface area contributed by atoms with Gasteiger partial charge in [0, 0.05) is 19.3 Å². The third-order valence-electron chi connectivity index (χ3n) is 3.35. The van der Waals surface area contributed by atoms with Gasteiger partial charge in [0.25, 0.3) is 0 Å². The number of ether oxygens (including phenoxy) is 1. The van der Waals surface area contributed by atoms with E-state index in [1.807, 2.05) is 6.07 Å². The Balaban J connectivity index is 1.46. The molecular weight excluding hydrogens is 226 g/mol. The Kier molecular flexibility index (Phi) is 6.09. The third kappa shape index (κ3) is 5.10. The maximum atomic E-state index is 5.87. The molecule has 0 unspecified atom stereocenters. The molecule has 1 aromatic rings. The molecular formula is C14H23N3O. The Hall–Kier alpha value is -1.00. The van der Waals surface area contributed by atoms with Crippen LogP contribution in [0.5, 0.6) is 0 Å². The van der Waals surface area contributed by atoms with Gasteiger partial charge in [-0.25, -0.2) is 9.97 Å². The molecule has 1 aliphatic carbocycles. The Morgan fingerprint density at radius 1 is 1.28 bits per heavy atom. The second-order valence-electron chi connectivity index (χ2n) is 4.86. The largest absolute Gasteiger partial charge is 0.378 e. The van der Waals surface area contributed by atoms with Gasteiger partial charge in [0.2, 0.25) is 0 Å². The molecule has 2 rings (SSSR count). The lowest BCUT2D eigenvalue weighted by Gasteiger charge is -2.21. The highest BCUT2D eigenvalue weighted by molar-refractivity contribution is 4.96. The zero-order valence-corrected chi connectivity index (χ0v) is 11.0. The van der Waals surface area contributed by atoms with Crippen LogP contribution >= 0.6 is 0 Å². The van der Waals surface area contributed by atoms with E-state index in [9.17, 15) is 0 Å². The van der Waals surface area contributed by atoms with Gasteiger partial charge in [-0.2, -0.15) is 0 Å². The highest BCUT2D eigenvalue weighted by Gasteiger charge is 2.12. The molecule has 0 saturated heterocycles. The fourth-order valence-corrected chi connectivity index (χ4v) is 2.32. The van der Waals surface area contributed by atoms with Gasteiger partial charge in [0.1, 0.15) is 6.33 Å². The fraction of sp³-hybridized carbons (Fsp3) is 0.714. The van der Waals surface area contributed by atoms with Crippen molar-refractivity contribution in [1.29, 1.82) is 0 Å². The molecule has 0 amide bonds. The maximum Gasteiger partial charge on any atom is 0.115 e. The van der Waals surface area contributed by atoms with Crippen LogP contribution in [-0.4, -0.2) is 29.2 Å². The predicted octanol–water partition coefficient (Wildman–Crippen LogP) is 2.31. The summed E-state index contributed by atoms with van der Waals surface area (Å²) >= 11 is 0. The summed E-state index contributed by atoms with van der Waals surface area (Å²) in [6.07, 6.45) is 11.6. The first-order chi connectivity index (χ1) is 8.95. The maximum absolute atomic E-state index is 5.87. The first-order valence-corrected chi connectivity index (χ1v) is 7.02. The van der Waals surface area contributed by atoms with Crippen LogP contribution in [-0.2, 0) is 11.3 Å². The van der Waals surface area contributed by atoms with Gasteiger partial charge in [0.15, 0.2) is 0 Å². The number of hydrogen-bond donors (Lipinski definition) is 1. The zero-order chi connectivity index (χ0) is 12.5. The van der Waals surface area contributed by atoms with E-state index in [1.165, 1.54) is 32.1 Å². The second-order valence-corrected chi connectivity index (χ2v) is 4.86. The van der Waals surface area contributed by atoms with Crippen molar-refractivity contribution in [2.45, 2.75) is 51.2 Å². The van der Waals surface area contributed by atoms with Crippen LogP contribution in [0.15, 0.2) is 18.6 Å². The summed E-state index contributed by atoms with van der Waals surface area (Å²) in [7, 11) is 0. The molecule has 0 aromatic carbocycles. The van der Waals surface area contributed by atoms with E-state index in [1.54, 1.807) is 12.5 Å². The van der Waals surface area contributed by atoms with Gasteiger partial charge in [-0.3, -0.25) is 0 Å². The van der Waals surface area contributed by atoms with Crippen LogP contribution in [0.25, 0.3) is 0 Å². The highest BCUT2D eigenvalue weighted by Crippen LogP contribution is 2.20. The summed E-state index contributed by atoms with van der Waals surface area (Å²) in [5.41, 5.74) is 1.04. The standard InChI is InChI=1S/C14H23N3O/c1-2-5-14(6-3-1)18-10-4-8-15-11-13-7-9-16-12-17-13/h7,9,12,14-15H,1-6,8,10-11H2. The summed E-state index contributed by atoms with van der Waals surface area (Å²) in [5.74, 6) is 0. The molecule has 1 N–H and O–H groups in total. The molecule has 0 atom stereocenters. The molecule has 100 valence electrons. The first-order valence-electron chi connectivity index (χ1n) is 7.02. The zero-order valence-electron chi connectivity index (χ0n) is 11.0. The van der Waals surface area contributed by atoms with Crippen molar-refractivity contribution in [2.75, 3.05) is 13.2 Å². The lowest BCUT2D eigenvalue weighted by molar-refractivity contribution is 0.0273. The Labute approximate surface area is 109 Å². The Bertz CT molecular complexity index is 312. The van der Waals surface area contributed by atoms with E-state index < -0.39 is 0 Å². The summed E-state index contributed by atoms with van der Waals surface area (Å²) < 4.78 is 5.87. The lowest BCUT2D eigenvalue weighted by Crippen LogP contribution is -2.21. The van der Waals surface area contributed by atoms with Crippen LogP contribution in [0.3, 0.4) is 0 Å². The number of hydrogen-bond acceptors (Lipinski definition) is 4. The van der Waals surface area contributed by atoms with Crippen molar-refractivity contribution >= 4 is 0 Å². The average molecular weight is 249 g/mol. The monoisotopic (exact) mass is 249 g/mol. The average Bonchev–Trinajstić information content (AvgIpc) is 2.45.